The molecular formula is C8H18N2. The van der Waals surface area contributed by atoms with E-state index in [1.165, 1.54) is 19.5 Å². The highest BCUT2D eigenvalue weighted by atomic mass is 15.5. The molecule has 0 spiro atoms. The van der Waals surface area contributed by atoms with Gasteiger partial charge in [0, 0.05) is 13.1 Å². The highest BCUT2D eigenvalue weighted by molar-refractivity contribution is 4.71. The van der Waals surface area contributed by atoms with E-state index in [0.717, 1.165) is 11.8 Å². The summed E-state index contributed by atoms with van der Waals surface area (Å²) in [5, 5.41) is 2.30. The maximum Gasteiger partial charge on any atom is 0.0156 e. The Bertz CT molecular complexity index is 93.4. The van der Waals surface area contributed by atoms with E-state index >= 15 is 0 Å². The molecule has 2 atom stereocenters. The fourth-order valence-electron chi connectivity index (χ4n) is 1.85. The van der Waals surface area contributed by atoms with Crippen LogP contribution in [-0.4, -0.2) is 25.1 Å². The van der Waals surface area contributed by atoms with Crippen LogP contribution in [0.1, 0.15) is 20.3 Å². The number of hydrazine groups is 1. The number of nitrogens with one attached hydrogen (secondary N) is 1. The van der Waals surface area contributed by atoms with Gasteiger partial charge in [0.1, 0.15) is 0 Å². The van der Waals surface area contributed by atoms with Crippen molar-refractivity contribution in [1.29, 1.82) is 0 Å². The van der Waals surface area contributed by atoms with Crippen molar-refractivity contribution in [2.24, 2.45) is 11.8 Å². The van der Waals surface area contributed by atoms with Crippen molar-refractivity contribution in [2.45, 2.75) is 20.3 Å². The van der Waals surface area contributed by atoms with Crippen LogP contribution in [0.4, 0.5) is 0 Å². The lowest BCUT2D eigenvalue weighted by molar-refractivity contribution is 0.0992. The smallest absolute Gasteiger partial charge is 0.0156 e. The van der Waals surface area contributed by atoms with E-state index in [2.05, 4.69) is 24.3 Å². The summed E-state index contributed by atoms with van der Waals surface area (Å²) in [5.41, 5.74) is 3.20. The van der Waals surface area contributed by atoms with Crippen LogP contribution in [-0.2, 0) is 0 Å². The summed E-state index contributed by atoms with van der Waals surface area (Å²) >= 11 is 0. The molecule has 0 aromatic carbocycles. The van der Waals surface area contributed by atoms with E-state index in [1.807, 2.05) is 7.05 Å². The predicted octanol–water partition coefficient (Wildman–Crippen LogP) is 1.10. The fraction of sp³-hybridized carbons (Fsp3) is 1.00. The largest absolute Gasteiger partial charge is 0.258 e. The first-order valence-electron chi connectivity index (χ1n) is 4.14. The monoisotopic (exact) mass is 142 g/mol. The summed E-state index contributed by atoms with van der Waals surface area (Å²) in [6, 6.07) is 0. The lowest BCUT2D eigenvalue weighted by Gasteiger charge is -2.33. The SMILES string of the molecule is CNN1CC(C)CC(C)C1. The molecule has 1 N–H and O–H groups in total. The minimum atomic E-state index is 0.858. The number of nitrogens with zero attached hydrogens (tertiary/aromatic N) is 1. The standard InChI is InChI=1S/C8H18N2/c1-7-4-8(2)6-10(5-7)9-3/h7-9H,4-6H2,1-3H3. The first-order valence-corrected chi connectivity index (χ1v) is 4.14. The van der Waals surface area contributed by atoms with Crippen molar-refractivity contribution in [1.82, 2.24) is 10.4 Å². The molecule has 2 nitrogen and oxygen atoms in total. The average Bonchev–Trinajstić information content (AvgIpc) is 1.85. The zero-order valence-corrected chi connectivity index (χ0v) is 7.22. The van der Waals surface area contributed by atoms with Gasteiger partial charge >= 0.3 is 0 Å². The number of piperidine rings is 1. The molecule has 1 heterocycles. The lowest BCUT2D eigenvalue weighted by atomic mass is 9.93. The molecule has 1 aliphatic rings. The van der Waals surface area contributed by atoms with Gasteiger partial charge in [0.2, 0.25) is 0 Å². The third kappa shape index (κ3) is 1.96. The summed E-state index contributed by atoms with van der Waals surface area (Å²) in [4.78, 5) is 0. The van der Waals surface area contributed by atoms with Crippen LogP contribution in [0.25, 0.3) is 0 Å². The third-order valence-electron chi connectivity index (χ3n) is 2.19. The molecule has 0 aliphatic carbocycles. The molecule has 1 saturated heterocycles. The van der Waals surface area contributed by atoms with Crippen LogP contribution in [0.3, 0.4) is 0 Å². The van der Waals surface area contributed by atoms with Crippen molar-refractivity contribution in [2.75, 3.05) is 20.1 Å². The van der Waals surface area contributed by atoms with E-state index < -0.39 is 0 Å². The number of hydrogen-bond acceptors (Lipinski definition) is 2. The van der Waals surface area contributed by atoms with Crippen LogP contribution in [0.5, 0.6) is 0 Å². The molecule has 0 amide bonds. The maximum atomic E-state index is 3.20. The highest BCUT2D eigenvalue weighted by Crippen LogP contribution is 2.18. The first-order chi connectivity index (χ1) is 4.72. The van der Waals surface area contributed by atoms with Crippen LogP contribution >= 0.6 is 0 Å². The maximum absolute atomic E-state index is 3.20. The van der Waals surface area contributed by atoms with Gasteiger partial charge in [-0.2, -0.15) is 0 Å². The predicted molar refractivity (Wildman–Crippen MR) is 43.6 cm³/mol. The summed E-state index contributed by atoms with van der Waals surface area (Å²) in [6.07, 6.45) is 1.39. The molecule has 1 aliphatic heterocycles. The molecule has 0 saturated carbocycles. The van der Waals surface area contributed by atoms with Gasteiger partial charge in [0.05, 0.1) is 0 Å². The van der Waals surface area contributed by atoms with E-state index in [-0.39, 0.29) is 0 Å². The minimum Gasteiger partial charge on any atom is -0.258 e. The van der Waals surface area contributed by atoms with Gasteiger partial charge in [-0.05, 0) is 25.3 Å². The molecule has 0 aromatic heterocycles. The molecule has 10 heavy (non-hydrogen) atoms. The Hall–Kier alpha value is -0.0800. The molecular weight excluding hydrogens is 124 g/mol. The Kier molecular flexibility index (Phi) is 2.69. The second-order valence-corrected chi connectivity index (χ2v) is 3.57. The molecule has 0 aromatic rings. The van der Waals surface area contributed by atoms with Gasteiger partial charge in [-0.25, -0.2) is 5.01 Å². The zero-order valence-electron chi connectivity index (χ0n) is 7.22. The molecule has 1 rings (SSSR count). The molecule has 2 heteroatoms. The summed E-state index contributed by atoms with van der Waals surface area (Å²) < 4.78 is 0. The van der Waals surface area contributed by atoms with Gasteiger partial charge in [-0.15, -0.1) is 0 Å². The zero-order chi connectivity index (χ0) is 7.56. The Morgan fingerprint density at radius 1 is 1.20 bits per heavy atom. The second kappa shape index (κ2) is 3.35. The van der Waals surface area contributed by atoms with Crippen LogP contribution in [0, 0.1) is 11.8 Å². The van der Waals surface area contributed by atoms with E-state index in [9.17, 15) is 0 Å². The van der Waals surface area contributed by atoms with Crippen molar-refractivity contribution in [3.05, 3.63) is 0 Å². The van der Waals surface area contributed by atoms with E-state index in [0.29, 0.717) is 0 Å². The molecule has 60 valence electrons. The Labute approximate surface area is 63.6 Å². The normalized spacial score (nSPS) is 36.3. The molecule has 2 unspecified atom stereocenters. The Balaban J connectivity index is 2.35. The molecule has 0 radical (unpaired) electrons. The van der Waals surface area contributed by atoms with Gasteiger partial charge < -0.3 is 0 Å². The van der Waals surface area contributed by atoms with E-state index in [4.69, 9.17) is 0 Å². The van der Waals surface area contributed by atoms with Gasteiger partial charge in [-0.1, -0.05) is 13.8 Å². The van der Waals surface area contributed by atoms with Crippen molar-refractivity contribution < 1.29 is 0 Å². The molecule has 0 bridgehead atoms. The Morgan fingerprint density at radius 3 is 2.10 bits per heavy atom. The summed E-state index contributed by atoms with van der Waals surface area (Å²) in [6.45, 7) is 7.06. The number of hydrogen-bond donors (Lipinski definition) is 1. The Morgan fingerprint density at radius 2 is 1.70 bits per heavy atom. The van der Waals surface area contributed by atoms with Crippen LogP contribution in [0.15, 0.2) is 0 Å². The van der Waals surface area contributed by atoms with Gasteiger partial charge in [-0.3, -0.25) is 5.43 Å². The summed E-state index contributed by atoms with van der Waals surface area (Å²) in [7, 11) is 2.00. The van der Waals surface area contributed by atoms with Gasteiger partial charge in [0.15, 0.2) is 0 Å². The topological polar surface area (TPSA) is 15.3 Å². The first kappa shape index (κ1) is 8.02. The fourth-order valence-corrected chi connectivity index (χ4v) is 1.85. The van der Waals surface area contributed by atoms with Crippen LogP contribution in [0.2, 0.25) is 0 Å². The van der Waals surface area contributed by atoms with E-state index in [1.54, 1.807) is 0 Å². The van der Waals surface area contributed by atoms with Crippen LogP contribution < -0.4 is 5.43 Å². The van der Waals surface area contributed by atoms with Gasteiger partial charge in [0.25, 0.3) is 0 Å². The second-order valence-electron chi connectivity index (χ2n) is 3.57. The van der Waals surface area contributed by atoms with Crippen molar-refractivity contribution in [3.8, 4) is 0 Å². The van der Waals surface area contributed by atoms with Crippen molar-refractivity contribution >= 4 is 0 Å². The lowest BCUT2D eigenvalue weighted by Crippen LogP contribution is -2.45. The molecule has 1 fully saturated rings. The quantitative estimate of drug-likeness (QED) is 0.590. The average molecular weight is 142 g/mol. The highest BCUT2D eigenvalue weighted by Gasteiger charge is 2.19. The van der Waals surface area contributed by atoms with Crippen molar-refractivity contribution in [3.63, 3.8) is 0 Å². The third-order valence-corrected chi connectivity index (χ3v) is 2.19. The summed E-state index contributed by atoms with van der Waals surface area (Å²) in [5.74, 6) is 1.72. The minimum absolute atomic E-state index is 0.858. The number of rotatable bonds is 1.